The molecule has 2 amide bonds. The van der Waals surface area contributed by atoms with Crippen LogP contribution in [0.5, 0.6) is 0 Å². The number of rotatable bonds is 7. The van der Waals surface area contributed by atoms with Crippen molar-refractivity contribution in [3.63, 3.8) is 0 Å². The lowest BCUT2D eigenvalue weighted by Crippen LogP contribution is -2.36. The second-order valence-corrected chi connectivity index (χ2v) is 7.86. The standard InChI is InChI=1S/C13H25N3O4S/c1-10(2)16-9-11(8-12(16)17)13(18)14-6-5-7-15(3)21(4,19)20/h10-11H,5-9H2,1-4H3,(H,14,18)/t11-/m1/s1. The van der Waals surface area contributed by atoms with Gasteiger partial charge in [0, 0.05) is 39.1 Å². The van der Waals surface area contributed by atoms with Crippen molar-refractivity contribution in [1.82, 2.24) is 14.5 Å². The van der Waals surface area contributed by atoms with Crippen LogP contribution in [-0.2, 0) is 19.6 Å². The second kappa shape index (κ2) is 7.22. The summed E-state index contributed by atoms with van der Waals surface area (Å²) < 4.78 is 23.6. The van der Waals surface area contributed by atoms with Crippen LogP contribution in [0.1, 0.15) is 26.7 Å². The van der Waals surface area contributed by atoms with E-state index in [-0.39, 0.29) is 30.2 Å². The van der Waals surface area contributed by atoms with Crippen LogP contribution >= 0.6 is 0 Å². The SMILES string of the molecule is CC(C)N1C[C@H](C(=O)NCCCN(C)S(C)(=O)=O)CC1=O. The first-order valence-corrected chi connectivity index (χ1v) is 8.96. The molecule has 1 aliphatic rings. The average Bonchev–Trinajstić information content (AvgIpc) is 2.75. The third-order valence-electron chi connectivity index (χ3n) is 3.67. The fraction of sp³-hybridized carbons (Fsp3) is 0.846. The number of carbonyl (C=O) groups excluding carboxylic acids is 2. The minimum Gasteiger partial charge on any atom is -0.356 e. The summed E-state index contributed by atoms with van der Waals surface area (Å²) in [6.07, 6.45) is 1.95. The Morgan fingerprint density at radius 1 is 1.48 bits per heavy atom. The predicted octanol–water partition coefficient (Wildman–Crippen LogP) is -0.359. The normalized spacial score (nSPS) is 19.6. The summed E-state index contributed by atoms with van der Waals surface area (Å²) >= 11 is 0. The van der Waals surface area contributed by atoms with E-state index in [1.807, 2.05) is 13.8 Å². The lowest BCUT2D eigenvalue weighted by molar-refractivity contribution is -0.129. The van der Waals surface area contributed by atoms with E-state index in [4.69, 9.17) is 0 Å². The van der Waals surface area contributed by atoms with E-state index in [2.05, 4.69) is 5.32 Å². The minimum atomic E-state index is -3.17. The van der Waals surface area contributed by atoms with Crippen LogP contribution in [0.25, 0.3) is 0 Å². The summed E-state index contributed by atoms with van der Waals surface area (Å²) in [6, 6.07) is 0.110. The van der Waals surface area contributed by atoms with E-state index in [0.29, 0.717) is 26.1 Å². The van der Waals surface area contributed by atoms with Gasteiger partial charge in [0.05, 0.1) is 12.2 Å². The zero-order valence-electron chi connectivity index (χ0n) is 13.1. The number of hydrogen-bond acceptors (Lipinski definition) is 4. The number of carbonyl (C=O) groups is 2. The van der Waals surface area contributed by atoms with Crippen molar-refractivity contribution in [2.24, 2.45) is 5.92 Å². The van der Waals surface area contributed by atoms with E-state index in [9.17, 15) is 18.0 Å². The highest BCUT2D eigenvalue weighted by atomic mass is 32.2. The molecule has 0 aliphatic carbocycles. The monoisotopic (exact) mass is 319 g/mol. The summed E-state index contributed by atoms with van der Waals surface area (Å²) in [7, 11) is -1.67. The van der Waals surface area contributed by atoms with Gasteiger partial charge in [-0.1, -0.05) is 0 Å². The van der Waals surface area contributed by atoms with Crippen LogP contribution in [0, 0.1) is 5.92 Å². The van der Waals surface area contributed by atoms with Crippen molar-refractivity contribution in [3.05, 3.63) is 0 Å². The van der Waals surface area contributed by atoms with Crippen molar-refractivity contribution in [1.29, 1.82) is 0 Å². The van der Waals surface area contributed by atoms with Crippen molar-refractivity contribution >= 4 is 21.8 Å². The quantitative estimate of drug-likeness (QED) is 0.649. The summed E-state index contributed by atoms with van der Waals surface area (Å²) in [5, 5.41) is 2.77. The van der Waals surface area contributed by atoms with Crippen molar-refractivity contribution in [3.8, 4) is 0 Å². The van der Waals surface area contributed by atoms with Gasteiger partial charge >= 0.3 is 0 Å². The second-order valence-electron chi connectivity index (χ2n) is 5.77. The Balaban J connectivity index is 2.31. The maximum atomic E-state index is 12.0. The van der Waals surface area contributed by atoms with Crippen LogP contribution in [0.2, 0.25) is 0 Å². The molecule has 1 fully saturated rings. The number of likely N-dealkylation sites (tertiary alicyclic amines) is 1. The zero-order chi connectivity index (χ0) is 16.2. The topological polar surface area (TPSA) is 86.8 Å². The molecule has 0 saturated carbocycles. The lowest BCUT2D eigenvalue weighted by atomic mass is 10.1. The van der Waals surface area contributed by atoms with Gasteiger partial charge in [-0.05, 0) is 20.3 Å². The van der Waals surface area contributed by atoms with E-state index >= 15 is 0 Å². The molecule has 7 nitrogen and oxygen atoms in total. The van der Waals surface area contributed by atoms with Gasteiger partial charge in [0.15, 0.2) is 0 Å². The Morgan fingerprint density at radius 2 is 2.10 bits per heavy atom. The van der Waals surface area contributed by atoms with Gasteiger partial charge in [-0.2, -0.15) is 0 Å². The first-order chi connectivity index (χ1) is 9.62. The average molecular weight is 319 g/mol. The van der Waals surface area contributed by atoms with E-state index in [1.165, 1.54) is 11.4 Å². The molecule has 0 bridgehead atoms. The number of nitrogens with one attached hydrogen (secondary N) is 1. The molecule has 1 N–H and O–H groups in total. The third-order valence-corrected chi connectivity index (χ3v) is 4.98. The molecule has 0 spiro atoms. The van der Waals surface area contributed by atoms with Gasteiger partial charge in [0.2, 0.25) is 21.8 Å². The van der Waals surface area contributed by atoms with Gasteiger partial charge in [-0.25, -0.2) is 12.7 Å². The Hall–Kier alpha value is -1.15. The molecule has 0 unspecified atom stereocenters. The first kappa shape index (κ1) is 17.9. The van der Waals surface area contributed by atoms with Gasteiger partial charge < -0.3 is 10.2 Å². The molecule has 0 aromatic rings. The smallest absolute Gasteiger partial charge is 0.225 e. The summed E-state index contributed by atoms with van der Waals surface area (Å²) in [4.78, 5) is 25.4. The van der Waals surface area contributed by atoms with Crippen molar-refractivity contribution in [2.45, 2.75) is 32.7 Å². The molecule has 1 heterocycles. The largest absolute Gasteiger partial charge is 0.356 e. The minimum absolute atomic E-state index is 0.0157. The Labute approximate surface area is 126 Å². The zero-order valence-corrected chi connectivity index (χ0v) is 13.9. The molecule has 8 heteroatoms. The van der Waals surface area contributed by atoms with Gasteiger partial charge in [0.1, 0.15) is 0 Å². The Kier molecular flexibility index (Phi) is 6.15. The maximum absolute atomic E-state index is 12.0. The third kappa shape index (κ3) is 5.28. The van der Waals surface area contributed by atoms with Gasteiger partial charge in [-0.3, -0.25) is 9.59 Å². The van der Waals surface area contributed by atoms with Crippen LogP contribution < -0.4 is 5.32 Å². The van der Waals surface area contributed by atoms with Crippen LogP contribution in [0.3, 0.4) is 0 Å². The van der Waals surface area contributed by atoms with Crippen LogP contribution in [-0.4, -0.2) is 68.4 Å². The summed E-state index contributed by atoms with van der Waals surface area (Å²) in [5.41, 5.74) is 0. The number of nitrogens with zero attached hydrogens (tertiary/aromatic N) is 2. The molecule has 0 radical (unpaired) electrons. The van der Waals surface area contributed by atoms with Crippen molar-refractivity contribution in [2.75, 3.05) is 32.9 Å². The Bertz CT molecular complexity index is 490. The highest BCUT2D eigenvalue weighted by Gasteiger charge is 2.35. The van der Waals surface area contributed by atoms with Crippen LogP contribution in [0.15, 0.2) is 0 Å². The molecule has 1 atom stereocenters. The fourth-order valence-corrected chi connectivity index (χ4v) is 2.69. The molecule has 122 valence electrons. The summed E-state index contributed by atoms with van der Waals surface area (Å²) in [5.74, 6) is -0.414. The predicted molar refractivity (Wildman–Crippen MR) is 80.1 cm³/mol. The number of sulfonamides is 1. The lowest BCUT2D eigenvalue weighted by Gasteiger charge is -2.20. The molecular formula is C13H25N3O4S. The number of amides is 2. The van der Waals surface area contributed by atoms with Crippen LogP contribution in [0.4, 0.5) is 0 Å². The molecule has 21 heavy (non-hydrogen) atoms. The summed E-state index contributed by atoms with van der Waals surface area (Å²) in [6.45, 7) is 5.09. The highest BCUT2D eigenvalue weighted by Crippen LogP contribution is 2.20. The van der Waals surface area contributed by atoms with E-state index in [0.717, 1.165) is 6.26 Å². The Morgan fingerprint density at radius 3 is 2.57 bits per heavy atom. The maximum Gasteiger partial charge on any atom is 0.225 e. The molecule has 0 aromatic carbocycles. The molecule has 0 aromatic heterocycles. The first-order valence-electron chi connectivity index (χ1n) is 7.11. The van der Waals surface area contributed by atoms with Gasteiger partial charge in [0.25, 0.3) is 0 Å². The van der Waals surface area contributed by atoms with E-state index in [1.54, 1.807) is 4.90 Å². The van der Waals surface area contributed by atoms with E-state index < -0.39 is 10.0 Å². The fourth-order valence-electron chi connectivity index (χ4n) is 2.23. The molecule has 1 rings (SSSR count). The molecular weight excluding hydrogens is 294 g/mol. The molecule has 1 saturated heterocycles. The highest BCUT2D eigenvalue weighted by molar-refractivity contribution is 7.88. The number of hydrogen-bond donors (Lipinski definition) is 1. The molecule has 1 aliphatic heterocycles. The van der Waals surface area contributed by atoms with Crippen molar-refractivity contribution < 1.29 is 18.0 Å². The van der Waals surface area contributed by atoms with Gasteiger partial charge in [-0.15, -0.1) is 0 Å².